The van der Waals surface area contributed by atoms with Crippen LogP contribution in [0.5, 0.6) is 0 Å². The van der Waals surface area contributed by atoms with Crippen molar-refractivity contribution in [3.63, 3.8) is 0 Å². The summed E-state index contributed by atoms with van der Waals surface area (Å²) >= 11 is 8.86. The number of hydrogen-bond donors (Lipinski definition) is 4. The van der Waals surface area contributed by atoms with Crippen LogP contribution in [0, 0.1) is 27.7 Å². The Morgan fingerprint density at radius 2 is 1.11 bits per heavy atom. The number of fused-ring (bicyclic) bond motifs is 2. The zero-order valence-electron chi connectivity index (χ0n) is 40.9. The van der Waals surface area contributed by atoms with E-state index in [9.17, 15) is 9.59 Å². The number of nitrogens with zero attached hydrogens (tertiary/aromatic N) is 10. The zero-order chi connectivity index (χ0) is 50.0. The van der Waals surface area contributed by atoms with Crippen LogP contribution >= 0.6 is 34.3 Å². The maximum atomic E-state index is 13.4. The van der Waals surface area contributed by atoms with Gasteiger partial charge in [0.05, 0.1) is 6.04 Å². The van der Waals surface area contributed by atoms with Crippen molar-refractivity contribution in [2.45, 2.75) is 92.4 Å². The molecule has 0 unspecified atom stereocenters. The molecule has 0 saturated carbocycles. The molecule has 71 heavy (non-hydrogen) atoms. The first kappa shape index (κ1) is 50.7. The lowest BCUT2D eigenvalue weighted by Gasteiger charge is -2.17. The first-order valence-corrected chi connectivity index (χ1v) is 25.8. The largest absolute Gasteiger partial charge is 0.357 e. The van der Waals surface area contributed by atoms with E-state index in [1.807, 2.05) is 54.1 Å². The van der Waals surface area contributed by atoms with Gasteiger partial charge in [-0.15, -0.1) is 0 Å². The highest BCUT2D eigenvalue weighted by atomic mass is 35.5. The van der Waals surface area contributed by atoms with Crippen LogP contribution in [0.15, 0.2) is 85.5 Å². The number of amides is 2. The molecule has 2 aliphatic heterocycles. The zero-order valence-corrected chi connectivity index (χ0v) is 43.3. The number of halogens is 1. The number of aromatic nitrogens is 8. The van der Waals surface area contributed by atoms with Crippen LogP contribution in [0.3, 0.4) is 0 Å². The summed E-state index contributed by atoms with van der Waals surface area (Å²) in [6.45, 7) is 16.7. The van der Waals surface area contributed by atoms with Gasteiger partial charge < -0.3 is 31.5 Å². The third kappa shape index (κ3) is 13.0. The summed E-state index contributed by atoms with van der Waals surface area (Å²) < 4.78 is 1.39. The lowest BCUT2D eigenvalue weighted by Crippen LogP contribution is -2.29. The fourth-order valence-electron chi connectivity index (χ4n) is 8.00. The highest BCUT2D eigenvalue weighted by Gasteiger charge is 2.27. The molecule has 6 aromatic heterocycles. The molecule has 2 aromatic carbocycles. The highest BCUT2D eigenvalue weighted by Crippen LogP contribution is 2.32. The molecule has 5 N–H and O–H groups in total. The van der Waals surface area contributed by atoms with Gasteiger partial charge in [0.15, 0.2) is 32.9 Å². The molecule has 2 fully saturated rings. The normalized spacial score (nSPS) is 14.1. The summed E-state index contributed by atoms with van der Waals surface area (Å²) in [6.07, 6.45) is 11.2. The van der Waals surface area contributed by atoms with Crippen molar-refractivity contribution in [1.82, 2.24) is 49.7 Å². The Labute approximate surface area is 427 Å². The number of rotatable bonds is 12. The molecule has 8 heterocycles. The minimum atomic E-state index is -0.0915. The molecule has 0 bridgehead atoms. The van der Waals surface area contributed by atoms with E-state index < -0.39 is 0 Å². The van der Waals surface area contributed by atoms with Crippen LogP contribution in [0.2, 0.25) is 5.28 Å². The van der Waals surface area contributed by atoms with Gasteiger partial charge in [0, 0.05) is 70.1 Å². The molecule has 16 nitrogen and oxygen atoms in total. The number of carbonyl (C=O) groups is 2. The van der Waals surface area contributed by atoms with Crippen molar-refractivity contribution < 1.29 is 9.59 Å². The van der Waals surface area contributed by atoms with Crippen LogP contribution in [-0.4, -0.2) is 87.7 Å². The lowest BCUT2D eigenvalue weighted by atomic mass is 10.1. The molecule has 2 amide bonds. The second-order valence-corrected chi connectivity index (χ2v) is 20.2. The Kier molecular flexibility index (Phi) is 16.7. The molecule has 0 spiro atoms. The first-order valence-electron chi connectivity index (χ1n) is 23.8. The smallest absolute Gasteiger partial charge is 0.274 e. The number of aryl methyl sites for hydroxylation is 4. The van der Waals surface area contributed by atoms with Crippen LogP contribution in [0.1, 0.15) is 117 Å². The van der Waals surface area contributed by atoms with E-state index in [0.717, 1.165) is 68.1 Å². The highest BCUT2D eigenvalue weighted by molar-refractivity contribution is 7.22. The van der Waals surface area contributed by atoms with E-state index in [0.29, 0.717) is 56.3 Å². The van der Waals surface area contributed by atoms with Crippen LogP contribution in [-0.2, 0) is 13.1 Å². The van der Waals surface area contributed by atoms with Crippen molar-refractivity contribution in [3.8, 4) is 0 Å². The van der Waals surface area contributed by atoms with Gasteiger partial charge in [-0.3, -0.25) is 19.6 Å². The average molecular weight is 1010 g/mol. The summed E-state index contributed by atoms with van der Waals surface area (Å²) in [7, 11) is 0. The van der Waals surface area contributed by atoms with Gasteiger partial charge in [-0.05, 0) is 135 Å². The van der Waals surface area contributed by atoms with E-state index >= 15 is 0 Å². The van der Waals surface area contributed by atoms with Crippen LogP contribution < -0.4 is 21.7 Å². The fourth-order valence-corrected chi connectivity index (χ4v) is 9.93. The number of pyridine rings is 2. The molecular formula is C52H59ClN14O2S2. The Morgan fingerprint density at radius 3 is 1.56 bits per heavy atom. The number of carbonyl (C=O) groups excluding carboxylic acids is 2. The first-order chi connectivity index (χ1) is 34.3. The summed E-state index contributed by atoms with van der Waals surface area (Å²) in [4.78, 5) is 64.9. The third-order valence-electron chi connectivity index (χ3n) is 12.4. The van der Waals surface area contributed by atoms with Gasteiger partial charge in [-0.25, -0.2) is 9.97 Å². The predicted molar refractivity (Wildman–Crippen MR) is 285 cm³/mol. The molecule has 0 aliphatic carbocycles. The van der Waals surface area contributed by atoms with Crippen LogP contribution in [0.4, 0.5) is 16.2 Å². The van der Waals surface area contributed by atoms with Gasteiger partial charge in [-0.1, -0.05) is 71.2 Å². The van der Waals surface area contributed by atoms with E-state index in [2.05, 4.69) is 115 Å². The molecule has 8 aromatic rings. The van der Waals surface area contributed by atoms with Crippen molar-refractivity contribution in [1.29, 1.82) is 0 Å². The van der Waals surface area contributed by atoms with Gasteiger partial charge in [-0.2, -0.15) is 19.9 Å². The molecule has 19 heteroatoms. The van der Waals surface area contributed by atoms with Crippen molar-refractivity contribution >= 4 is 83.0 Å². The Morgan fingerprint density at radius 1 is 0.634 bits per heavy atom. The number of nitrogens with one attached hydrogen (secondary N) is 3. The topological polar surface area (TPSA) is 206 Å². The maximum Gasteiger partial charge on any atom is 0.274 e. The summed E-state index contributed by atoms with van der Waals surface area (Å²) in [5.41, 5.74) is 16.8. The minimum absolute atomic E-state index is 0.0519. The van der Waals surface area contributed by atoms with E-state index in [1.54, 1.807) is 18.6 Å². The maximum absolute atomic E-state index is 13.4. The number of likely N-dealkylation sites (tertiary alicyclic amines) is 2. The lowest BCUT2D eigenvalue weighted by molar-refractivity contribution is 0.0782. The van der Waals surface area contributed by atoms with Crippen molar-refractivity contribution in [2.75, 3.05) is 42.1 Å². The van der Waals surface area contributed by atoms with Crippen molar-refractivity contribution in [3.05, 3.63) is 147 Å². The van der Waals surface area contributed by atoms with E-state index in [4.69, 9.17) is 22.3 Å². The van der Waals surface area contributed by atoms with Gasteiger partial charge >= 0.3 is 0 Å². The second kappa shape index (κ2) is 23.5. The second-order valence-electron chi connectivity index (χ2n) is 17.9. The summed E-state index contributed by atoms with van der Waals surface area (Å²) in [5, 5.41) is 11.5. The van der Waals surface area contributed by atoms with E-state index in [1.165, 1.54) is 56.1 Å². The number of nitrogens with two attached hydrogens (primary N) is 1. The number of hydrogen-bond acceptors (Lipinski definition) is 16. The monoisotopic (exact) mass is 1010 g/mol. The van der Waals surface area contributed by atoms with Gasteiger partial charge in [0.2, 0.25) is 11.2 Å². The van der Waals surface area contributed by atoms with Crippen LogP contribution in [0.25, 0.3) is 20.7 Å². The molecule has 0 radical (unpaired) electrons. The third-order valence-corrected chi connectivity index (χ3v) is 14.6. The van der Waals surface area contributed by atoms with E-state index in [-0.39, 0.29) is 29.2 Å². The molecule has 2 aliphatic rings. The molecule has 2 atom stereocenters. The Bertz CT molecular complexity index is 3100. The molecule has 2 saturated heterocycles. The van der Waals surface area contributed by atoms with Gasteiger partial charge in [0.1, 0.15) is 9.40 Å². The number of thiazole rings is 2. The average Bonchev–Trinajstić information content (AvgIpc) is 4.23. The predicted octanol–water partition coefficient (Wildman–Crippen LogP) is 10.4. The fraction of sp³-hybridized carbons (Fsp3) is 0.346. The minimum Gasteiger partial charge on any atom is -0.357 e. The van der Waals surface area contributed by atoms with Gasteiger partial charge in [0.25, 0.3) is 11.8 Å². The number of benzene rings is 2. The Balaban J connectivity index is 0.000000166. The summed E-state index contributed by atoms with van der Waals surface area (Å²) in [6, 6.07) is 20.6. The SMILES string of the molecule is C[C@H](N)c1cccnc1.Cc1ccc(CNc2nc3nc(Cl)nc(C(=O)N4CCCC4)c3s2)cc1C.Cc1ccc(CNc2nc3nc(N[C@@H](C)c4cccnc4)nc(C(=O)N4CCCC4)c3s2)cc1C. The summed E-state index contributed by atoms with van der Waals surface area (Å²) in [5.74, 6) is 0.241. The molecular weight excluding hydrogens is 952 g/mol. The quantitative estimate of drug-likeness (QED) is 0.0841. The molecule has 10 rings (SSSR count). The standard InChI is InChI=1S/C26H29N7OS.C19H20ClN5OS.C7H10N2/c1-16-8-9-19(13-17(16)2)14-28-26-32-23-22(35-26)21(24(34)33-11-4-5-12-33)30-25(31-23)29-18(3)20-7-6-10-27-15-20;1-11-5-6-13(9-12(11)2)10-21-19-24-16-15(27-19)14(22-18(20)23-16)17(26)25-7-3-4-8-25;1-6(8)7-3-2-4-9-5-7/h6-10,13,15,18H,4-5,11-12,14H2,1-3H3,(H2,28,29,30,31,32);5-6,9H,3-4,7-8,10H2,1-2H3,(H,21,22,23,24);2-6H,8H2,1H3/t18-;;6-/m0.0/s1. The van der Waals surface area contributed by atoms with Crippen molar-refractivity contribution in [2.24, 2.45) is 5.73 Å². The number of anilines is 3. The molecule has 368 valence electrons. The Hall–Kier alpha value is -6.73.